The molecule has 3 aromatic carbocycles. The summed E-state index contributed by atoms with van der Waals surface area (Å²) < 4.78 is 32.4. The second kappa shape index (κ2) is 8.23. The predicted octanol–water partition coefficient (Wildman–Crippen LogP) is 3.23. The number of sulfonamides is 1. The number of hydrogen-bond acceptors (Lipinski definition) is 5. The van der Waals surface area contributed by atoms with E-state index in [1.165, 1.54) is 23.5 Å². The molecule has 0 spiro atoms. The van der Waals surface area contributed by atoms with Crippen molar-refractivity contribution in [2.24, 2.45) is 0 Å². The number of para-hydroxylation sites is 1. The van der Waals surface area contributed by atoms with E-state index in [2.05, 4.69) is 5.32 Å². The van der Waals surface area contributed by atoms with Crippen LogP contribution in [0.25, 0.3) is 0 Å². The van der Waals surface area contributed by atoms with Gasteiger partial charge in [0.15, 0.2) is 6.10 Å². The van der Waals surface area contributed by atoms with Crippen molar-refractivity contribution >= 4 is 33.3 Å². The smallest absolute Gasteiger partial charge is 0.339 e. The van der Waals surface area contributed by atoms with E-state index in [1.54, 1.807) is 66.7 Å². The van der Waals surface area contributed by atoms with Crippen LogP contribution < -0.4 is 9.62 Å². The first-order valence-electron chi connectivity index (χ1n) is 9.60. The summed E-state index contributed by atoms with van der Waals surface area (Å²) >= 11 is 0. The number of amides is 1. The fourth-order valence-electron chi connectivity index (χ4n) is 3.37. The monoisotopic (exact) mass is 436 g/mol. The van der Waals surface area contributed by atoms with Gasteiger partial charge in [0.25, 0.3) is 15.9 Å². The number of anilines is 2. The number of ether oxygens (including phenoxy) is 1. The first kappa shape index (κ1) is 20.6. The summed E-state index contributed by atoms with van der Waals surface area (Å²) in [5.41, 5.74) is 2.00. The Morgan fingerprint density at radius 2 is 1.71 bits per heavy atom. The van der Waals surface area contributed by atoms with Crippen LogP contribution in [0.2, 0.25) is 0 Å². The zero-order valence-corrected chi connectivity index (χ0v) is 17.5. The van der Waals surface area contributed by atoms with Gasteiger partial charge in [-0.05, 0) is 42.0 Å². The van der Waals surface area contributed by atoms with Gasteiger partial charge in [0.05, 0.1) is 16.1 Å². The molecule has 0 radical (unpaired) electrons. The first-order valence-corrected chi connectivity index (χ1v) is 11.0. The zero-order valence-electron chi connectivity index (χ0n) is 16.7. The predicted molar refractivity (Wildman–Crippen MR) is 116 cm³/mol. The third-order valence-electron chi connectivity index (χ3n) is 5.06. The molecule has 1 aliphatic rings. The molecule has 1 amide bonds. The van der Waals surface area contributed by atoms with Gasteiger partial charge in [-0.2, -0.15) is 0 Å². The molecule has 158 valence electrons. The maximum atomic E-state index is 13.0. The average Bonchev–Trinajstić information content (AvgIpc) is 2.79. The highest BCUT2D eigenvalue weighted by atomic mass is 32.2. The number of nitrogens with zero attached hydrogens (tertiary/aromatic N) is 1. The van der Waals surface area contributed by atoms with Crippen LogP contribution in [0.15, 0.2) is 83.8 Å². The second-order valence-electron chi connectivity index (χ2n) is 7.08. The van der Waals surface area contributed by atoms with Crippen LogP contribution in [0.1, 0.15) is 15.9 Å². The summed E-state index contributed by atoms with van der Waals surface area (Å²) in [6.07, 6.45) is -0.739. The third kappa shape index (κ3) is 4.15. The van der Waals surface area contributed by atoms with E-state index in [0.29, 0.717) is 16.9 Å². The Balaban J connectivity index is 1.53. The molecule has 1 unspecified atom stereocenters. The number of fused-ring (bicyclic) bond motifs is 1. The lowest BCUT2D eigenvalue weighted by Gasteiger charge is -2.24. The zero-order chi connectivity index (χ0) is 22.0. The summed E-state index contributed by atoms with van der Waals surface area (Å²) in [7, 11) is -2.36. The molecule has 1 N–H and O–H groups in total. The first-order chi connectivity index (χ1) is 14.9. The van der Waals surface area contributed by atoms with Crippen LogP contribution in [0.5, 0.6) is 0 Å². The van der Waals surface area contributed by atoms with Gasteiger partial charge in [-0.1, -0.05) is 42.5 Å². The standard InChI is InChI=1S/C23H20N2O5S/c1-25(18-10-3-2-4-11-18)31(28,29)19-12-7-9-17(15-19)24-22(26)21-14-16-8-5-6-13-20(16)23(27)30-21/h2-13,15,21H,14H2,1H3,(H,24,26). The summed E-state index contributed by atoms with van der Waals surface area (Å²) in [5.74, 6) is -1.07. The summed E-state index contributed by atoms with van der Waals surface area (Å²) in [6.45, 7) is 0. The Morgan fingerprint density at radius 3 is 2.48 bits per heavy atom. The van der Waals surface area contributed by atoms with Crippen molar-refractivity contribution in [2.45, 2.75) is 17.4 Å². The highest BCUT2D eigenvalue weighted by molar-refractivity contribution is 7.92. The maximum Gasteiger partial charge on any atom is 0.339 e. The topological polar surface area (TPSA) is 92.8 Å². The molecule has 1 heterocycles. The summed E-state index contributed by atoms with van der Waals surface area (Å²) in [5, 5.41) is 2.66. The quantitative estimate of drug-likeness (QED) is 0.620. The highest BCUT2D eigenvalue weighted by Crippen LogP contribution is 2.25. The van der Waals surface area contributed by atoms with Gasteiger partial charge < -0.3 is 10.1 Å². The van der Waals surface area contributed by atoms with Crippen molar-refractivity contribution in [1.29, 1.82) is 0 Å². The number of rotatable bonds is 5. The lowest BCUT2D eigenvalue weighted by Crippen LogP contribution is -2.38. The van der Waals surface area contributed by atoms with Gasteiger partial charge in [-0.15, -0.1) is 0 Å². The summed E-state index contributed by atoms with van der Waals surface area (Å²) in [4.78, 5) is 24.9. The Morgan fingerprint density at radius 1 is 1.00 bits per heavy atom. The molecule has 0 aliphatic carbocycles. The van der Waals surface area contributed by atoms with Gasteiger partial charge in [0, 0.05) is 19.2 Å². The number of carbonyl (C=O) groups is 2. The maximum absolute atomic E-state index is 13.0. The minimum absolute atomic E-state index is 0.0302. The minimum atomic E-state index is -3.83. The Bertz CT molecular complexity index is 1240. The largest absolute Gasteiger partial charge is 0.448 e. The van der Waals surface area contributed by atoms with Crippen molar-refractivity contribution in [3.8, 4) is 0 Å². The highest BCUT2D eigenvalue weighted by Gasteiger charge is 2.31. The van der Waals surface area contributed by atoms with Crippen molar-refractivity contribution in [3.63, 3.8) is 0 Å². The molecule has 31 heavy (non-hydrogen) atoms. The molecule has 4 rings (SSSR count). The molecule has 7 nitrogen and oxygen atoms in total. The normalized spacial score (nSPS) is 15.5. The number of cyclic esters (lactones) is 1. The van der Waals surface area contributed by atoms with Crippen LogP contribution in [0.3, 0.4) is 0 Å². The van der Waals surface area contributed by atoms with E-state index >= 15 is 0 Å². The molecule has 0 bridgehead atoms. The molecular weight excluding hydrogens is 416 g/mol. The fourth-order valence-corrected chi connectivity index (χ4v) is 4.61. The van der Waals surface area contributed by atoms with Crippen molar-refractivity contribution in [3.05, 3.63) is 90.0 Å². The van der Waals surface area contributed by atoms with Crippen LogP contribution >= 0.6 is 0 Å². The molecule has 1 atom stereocenters. The lowest BCUT2D eigenvalue weighted by atomic mass is 9.98. The van der Waals surface area contributed by atoms with Gasteiger partial charge in [-0.25, -0.2) is 13.2 Å². The Hall–Kier alpha value is -3.65. The van der Waals surface area contributed by atoms with Crippen molar-refractivity contribution in [2.75, 3.05) is 16.7 Å². The molecule has 3 aromatic rings. The fraction of sp³-hybridized carbons (Fsp3) is 0.130. The number of carbonyl (C=O) groups excluding carboxylic acids is 2. The van der Waals surface area contributed by atoms with Gasteiger partial charge in [0.1, 0.15) is 0 Å². The lowest BCUT2D eigenvalue weighted by molar-refractivity contribution is -0.125. The van der Waals surface area contributed by atoms with Crippen molar-refractivity contribution < 1.29 is 22.7 Å². The van der Waals surface area contributed by atoms with Gasteiger partial charge in [0.2, 0.25) is 0 Å². The third-order valence-corrected chi connectivity index (χ3v) is 6.85. The molecule has 0 aromatic heterocycles. The molecule has 0 saturated heterocycles. The summed E-state index contributed by atoms with van der Waals surface area (Å²) in [6, 6.07) is 21.6. The van der Waals surface area contributed by atoms with Gasteiger partial charge >= 0.3 is 5.97 Å². The molecular formula is C23H20N2O5S. The van der Waals surface area contributed by atoms with Crippen LogP contribution in [-0.4, -0.2) is 33.4 Å². The van der Waals surface area contributed by atoms with Crippen LogP contribution in [0, 0.1) is 0 Å². The minimum Gasteiger partial charge on any atom is -0.448 e. The Kier molecular flexibility index (Phi) is 5.48. The number of benzene rings is 3. The van der Waals surface area contributed by atoms with E-state index in [9.17, 15) is 18.0 Å². The molecule has 8 heteroatoms. The SMILES string of the molecule is CN(c1ccccc1)S(=O)(=O)c1cccc(NC(=O)C2Cc3ccccc3C(=O)O2)c1. The molecule has 1 aliphatic heterocycles. The molecule has 0 fully saturated rings. The number of esters is 1. The van der Waals surface area contributed by atoms with Crippen LogP contribution in [-0.2, 0) is 26.0 Å². The van der Waals surface area contributed by atoms with E-state index in [-0.39, 0.29) is 11.3 Å². The second-order valence-corrected chi connectivity index (χ2v) is 9.05. The van der Waals surface area contributed by atoms with E-state index < -0.39 is 28.0 Å². The van der Waals surface area contributed by atoms with E-state index in [4.69, 9.17) is 4.74 Å². The molecule has 0 saturated carbocycles. The average molecular weight is 436 g/mol. The number of hydrogen-bond donors (Lipinski definition) is 1. The Labute approximate surface area is 180 Å². The van der Waals surface area contributed by atoms with E-state index in [1.807, 2.05) is 0 Å². The van der Waals surface area contributed by atoms with Crippen molar-refractivity contribution in [1.82, 2.24) is 0 Å². The van der Waals surface area contributed by atoms with E-state index in [0.717, 1.165) is 5.56 Å². The van der Waals surface area contributed by atoms with Gasteiger partial charge in [-0.3, -0.25) is 9.10 Å². The van der Waals surface area contributed by atoms with Crippen LogP contribution in [0.4, 0.5) is 11.4 Å². The number of nitrogens with one attached hydrogen (secondary N) is 1.